The fraction of sp³-hybridized carbons (Fsp3) is 0.429. The van der Waals surface area contributed by atoms with E-state index in [-0.39, 0.29) is 11.3 Å². The van der Waals surface area contributed by atoms with Gasteiger partial charge in [0.2, 0.25) is 0 Å². The minimum atomic E-state index is -1.09. The van der Waals surface area contributed by atoms with E-state index in [2.05, 4.69) is 0 Å². The zero-order chi connectivity index (χ0) is 14.3. The van der Waals surface area contributed by atoms with Crippen molar-refractivity contribution >= 4 is 5.97 Å². The third-order valence-corrected chi connectivity index (χ3v) is 2.44. The summed E-state index contributed by atoms with van der Waals surface area (Å²) in [4.78, 5) is 11.1. The molecule has 0 aliphatic carbocycles. The zero-order valence-electron chi connectivity index (χ0n) is 11.0. The first-order valence-corrected chi connectivity index (χ1v) is 6.18. The SMILES string of the molecule is CCCOc1ccc(C(=O)O)c(OC(C#N)CC)c1. The molecule has 0 amide bonds. The quantitative estimate of drug-likeness (QED) is 0.818. The topological polar surface area (TPSA) is 79.6 Å². The van der Waals surface area contributed by atoms with Gasteiger partial charge in [-0.05, 0) is 25.0 Å². The largest absolute Gasteiger partial charge is 0.493 e. The van der Waals surface area contributed by atoms with Crippen molar-refractivity contribution in [1.29, 1.82) is 5.26 Å². The number of carbonyl (C=O) groups is 1. The van der Waals surface area contributed by atoms with E-state index in [9.17, 15) is 4.79 Å². The van der Waals surface area contributed by atoms with Gasteiger partial charge in [-0.1, -0.05) is 13.8 Å². The lowest BCUT2D eigenvalue weighted by Gasteiger charge is -2.14. The Morgan fingerprint density at radius 1 is 1.47 bits per heavy atom. The van der Waals surface area contributed by atoms with E-state index >= 15 is 0 Å². The highest BCUT2D eigenvalue weighted by Crippen LogP contribution is 2.26. The van der Waals surface area contributed by atoms with Crippen LogP contribution in [0.5, 0.6) is 11.5 Å². The van der Waals surface area contributed by atoms with Crippen LogP contribution < -0.4 is 9.47 Å². The molecule has 0 aliphatic heterocycles. The Balaban J connectivity index is 3.01. The highest BCUT2D eigenvalue weighted by molar-refractivity contribution is 5.91. The smallest absolute Gasteiger partial charge is 0.339 e. The van der Waals surface area contributed by atoms with E-state index in [0.717, 1.165) is 6.42 Å². The molecule has 0 radical (unpaired) electrons. The molecule has 19 heavy (non-hydrogen) atoms. The number of benzene rings is 1. The average Bonchev–Trinajstić information content (AvgIpc) is 2.42. The molecule has 5 nitrogen and oxygen atoms in total. The molecule has 0 heterocycles. The van der Waals surface area contributed by atoms with Crippen molar-refractivity contribution in [2.45, 2.75) is 32.8 Å². The first-order valence-electron chi connectivity index (χ1n) is 6.18. The average molecular weight is 263 g/mol. The van der Waals surface area contributed by atoms with Gasteiger partial charge in [0.05, 0.1) is 6.61 Å². The summed E-state index contributed by atoms with van der Waals surface area (Å²) in [5, 5.41) is 18.0. The Morgan fingerprint density at radius 3 is 2.74 bits per heavy atom. The number of carboxylic acid groups (broad SMARTS) is 1. The van der Waals surface area contributed by atoms with Crippen molar-refractivity contribution in [2.75, 3.05) is 6.61 Å². The summed E-state index contributed by atoms with van der Waals surface area (Å²) < 4.78 is 10.8. The van der Waals surface area contributed by atoms with E-state index in [1.807, 2.05) is 13.0 Å². The standard InChI is InChI=1S/C14H17NO4/c1-3-7-18-11-5-6-12(14(16)17)13(8-11)19-10(4-2)9-15/h5-6,8,10H,3-4,7H2,1-2H3,(H,16,17). The maximum Gasteiger partial charge on any atom is 0.339 e. The second-order valence-electron chi connectivity index (χ2n) is 3.96. The van der Waals surface area contributed by atoms with E-state index in [4.69, 9.17) is 19.8 Å². The molecule has 0 fully saturated rings. The van der Waals surface area contributed by atoms with Gasteiger partial charge in [-0.25, -0.2) is 4.79 Å². The van der Waals surface area contributed by atoms with Crippen LogP contribution in [0.15, 0.2) is 18.2 Å². The molecule has 5 heteroatoms. The van der Waals surface area contributed by atoms with Gasteiger partial charge in [0.1, 0.15) is 23.1 Å². The second-order valence-corrected chi connectivity index (χ2v) is 3.96. The number of carboxylic acids is 1. The molecule has 1 aromatic carbocycles. The van der Waals surface area contributed by atoms with E-state index < -0.39 is 12.1 Å². The highest BCUT2D eigenvalue weighted by Gasteiger charge is 2.16. The number of hydrogen-bond acceptors (Lipinski definition) is 4. The van der Waals surface area contributed by atoms with Crippen LogP contribution in [0.1, 0.15) is 37.0 Å². The van der Waals surface area contributed by atoms with E-state index in [0.29, 0.717) is 18.8 Å². The lowest BCUT2D eigenvalue weighted by Crippen LogP contribution is -2.14. The maximum absolute atomic E-state index is 11.1. The maximum atomic E-state index is 11.1. The molecule has 0 aromatic heterocycles. The minimum Gasteiger partial charge on any atom is -0.493 e. The van der Waals surface area contributed by atoms with Crippen molar-refractivity contribution in [2.24, 2.45) is 0 Å². The number of rotatable bonds is 7. The van der Waals surface area contributed by atoms with Crippen LogP contribution in [-0.2, 0) is 0 Å². The van der Waals surface area contributed by atoms with Gasteiger partial charge in [-0.15, -0.1) is 0 Å². The van der Waals surface area contributed by atoms with Gasteiger partial charge >= 0.3 is 5.97 Å². The van der Waals surface area contributed by atoms with Gasteiger partial charge in [0.15, 0.2) is 6.10 Å². The molecule has 0 aliphatic rings. The van der Waals surface area contributed by atoms with E-state index in [1.54, 1.807) is 13.0 Å². The monoisotopic (exact) mass is 263 g/mol. The fourth-order valence-electron chi connectivity index (χ4n) is 1.44. The summed E-state index contributed by atoms with van der Waals surface area (Å²) in [5.74, 6) is -0.394. The van der Waals surface area contributed by atoms with Gasteiger partial charge in [0.25, 0.3) is 0 Å². The number of ether oxygens (including phenoxy) is 2. The summed E-state index contributed by atoms with van der Waals surface area (Å²) in [6.07, 6.45) is 0.668. The third kappa shape index (κ3) is 4.18. The van der Waals surface area contributed by atoms with Crippen molar-refractivity contribution in [1.82, 2.24) is 0 Å². The normalized spacial score (nSPS) is 11.4. The van der Waals surface area contributed by atoms with Crippen LogP contribution in [0, 0.1) is 11.3 Å². The lowest BCUT2D eigenvalue weighted by atomic mass is 10.2. The van der Waals surface area contributed by atoms with Crippen LogP contribution in [0.4, 0.5) is 0 Å². The van der Waals surface area contributed by atoms with Crippen molar-refractivity contribution in [3.63, 3.8) is 0 Å². The van der Waals surface area contributed by atoms with Crippen LogP contribution >= 0.6 is 0 Å². The number of nitriles is 1. The van der Waals surface area contributed by atoms with Crippen molar-refractivity contribution in [3.05, 3.63) is 23.8 Å². The minimum absolute atomic E-state index is 0.0255. The Morgan fingerprint density at radius 2 is 2.21 bits per heavy atom. The molecular weight excluding hydrogens is 246 g/mol. The Bertz CT molecular complexity index is 479. The molecule has 1 atom stereocenters. The van der Waals surface area contributed by atoms with Crippen molar-refractivity contribution in [3.8, 4) is 17.6 Å². The highest BCUT2D eigenvalue weighted by atomic mass is 16.5. The molecule has 0 bridgehead atoms. The molecule has 0 spiro atoms. The predicted molar refractivity (Wildman–Crippen MR) is 69.5 cm³/mol. The molecule has 1 rings (SSSR count). The molecule has 0 saturated carbocycles. The van der Waals surface area contributed by atoms with E-state index in [1.165, 1.54) is 12.1 Å². The first kappa shape index (κ1) is 14.8. The van der Waals surface area contributed by atoms with Gasteiger partial charge in [0, 0.05) is 6.07 Å². The molecule has 1 aromatic rings. The van der Waals surface area contributed by atoms with Crippen LogP contribution in [-0.4, -0.2) is 23.8 Å². The summed E-state index contributed by atoms with van der Waals surface area (Å²) in [6.45, 7) is 4.32. The predicted octanol–water partition coefficient (Wildman–Crippen LogP) is 2.85. The number of aromatic carboxylic acids is 1. The Hall–Kier alpha value is -2.22. The fourth-order valence-corrected chi connectivity index (χ4v) is 1.44. The lowest BCUT2D eigenvalue weighted by molar-refractivity contribution is 0.0690. The number of hydrogen-bond donors (Lipinski definition) is 1. The van der Waals surface area contributed by atoms with Crippen molar-refractivity contribution < 1.29 is 19.4 Å². The van der Waals surface area contributed by atoms with Crippen LogP contribution in [0.25, 0.3) is 0 Å². The third-order valence-electron chi connectivity index (χ3n) is 2.44. The Labute approximate surface area is 112 Å². The second kappa shape index (κ2) is 7.27. The molecule has 102 valence electrons. The first-order chi connectivity index (χ1) is 9.12. The van der Waals surface area contributed by atoms with Crippen LogP contribution in [0.3, 0.4) is 0 Å². The van der Waals surface area contributed by atoms with Gasteiger partial charge < -0.3 is 14.6 Å². The molecule has 1 unspecified atom stereocenters. The zero-order valence-corrected chi connectivity index (χ0v) is 11.0. The Kier molecular flexibility index (Phi) is 5.68. The number of nitrogens with zero attached hydrogens (tertiary/aromatic N) is 1. The summed E-state index contributed by atoms with van der Waals surface area (Å²) >= 11 is 0. The molecular formula is C14H17NO4. The summed E-state index contributed by atoms with van der Waals surface area (Å²) in [6, 6.07) is 6.49. The molecule has 0 saturated heterocycles. The molecule has 1 N–H and O–H groups in total. The van der Waals surface area contributed by atoms with Gasteiger partial charge in [-0.2, -0.15) is 5.26 Å². The van der Waals surface area contributed by atoms with Crippen LogP contribution in [0.2, 0.25) is 0 Å². The summed E-state index contributed by atoms with van der Waals surface area (Å²) in [5.41, 5.74) is 0.0255. The summed E-state index contributed by atoms with van der Waals surface area (Å²) in [7, 11) is 0. The van der Waals surface area contributed by atoms with Gasteiger partial charge in [-0.3, -0.25) is 0 Å².